The fraction of sp³-hybridized carbons (Fsp3) is 0. The van der Waals surface area contributed by atoms with E-state index >= 15 is 0 Å². The zero-order valence-electron chi connectivity index (χ0n) is 22.3. The van der Waals surface area contributed by atoms with E-state index in [1.54, 1.807) is 22.7 Å². The lowest BCUT2D eigenvalue weighted by atomic mass is 9.83. The maximum Gasteiger partial charge on any atom is 0.100 e. The van der Waals surface area contributed by atoms with Crippen molar-refractivity contribution in [1.82, 2.24) is 0 Å². The maximum absolute atomic E-state index is 10.8. The summed E-state index contributed by atoms with van der Waals surface area (Å²) in [6, 6.07) is 46.6. The van der Waals surface area contributed by atoms with Gasteiger partial charge in [-0.2, -0.15) is 10.5 Å². The van der Waals surface area contributed by atoms with Crippen LogP contribution in [0.3, 0.4) is 0 Å². The van der Waals surface area contributed by atoms with Crippen LogP contribution in [0.25, 0.3) is 73.7 Å². The lowest BCUT2D eigenvalue weighted by Gasteiger charge is -2.18. The van der Waals surface area contributed by atoms with Crippen molar-refractivity contribution in [1.29, 1.82) is 10.5 Å². The summed E-state index contributed by atoms with van der Waals surface area (Å²) in [6.45, 7) is 0. The minimum atomic E-state index is 0.553. The van der Waals surface area contributed by atoms with E-state index in [1.807, 2.05) is 36.4 Å². The molecule has 4 heteroatoms. The Labute approximate surface area is 250 Å². The monoisotopic (exact) mass is 568 g/mol. The Kier molecular flexibility index (Phi) is 5.66. The van der Waals surface area contributed by atoms with Gasteiger partial charge >= 0.3 is 0 Å². The van der Waals surface area contributed by atoms with Gasteiger partial charge in [-0.25, -0.2) is 0 Å². The summed E-state index contributed by atoms with van der Waals surface area (Å²) in [6.07, 6.45) is 0. The zero-order chi connectivity index (χ0) is 28.2. The largest absolute Gasteiger partial charge is 0.192 e. The summed E-state index contributed by atoms with van der Waals surface area (Å²) in [7, 11) is 0. The number of nitrogens with zero attached hydrogens (tertiary/aromatic N) is 2. The van der Waals surface area contributed by atoms with Crippen molar-refractivity contribution < 1.29 is 0 Å². The molecule has 0 spiro atoms. The second-order valence-corrected chi connectivity index (χ2v) is 12.5. The maximum atomic E-state index is 10.8. The first-order valence-corrected chi connectivity index (χ1v) is 15.3. The number of rotatable bonds is 3. The van der Waals surface area contributed by atoms with Crippen LogP contribution in [0.5, 0.6) is 0 Å². The molecule has 0 N–H and O–H groups in total. The van der Waals surface area contributed by atoms with Crippen LogP contribution in [0.15, 0.2) is 121 Å². The molecule has 2 aromatic heterocycles. The average molecular weight is 569 g/mol. The normalized spacial score (nSPS) is 11.3. The second-order valence-electron chi connectivity index (χ2n) is 10.3. The van der Waals surface area contributed by atoms with Crippen molar-refractivity contribution in [2.45, 2.75) is 0 Å². The van der Waals surface area contributed by atoms with Gasteiger partial charge in [-0.1, -0.05) is 78.9 Å². The third-order valence-electron chi connectivity index (χ3n) is 7.98. The van der Waals surface area contributed by atoms with E-state index in [4.69, 9.17) is 0 Å². The molecule has 0 unspecified atom stereocenters. The van der Waals surface area contributed by atoms with E-state index in [0.29, 0.717) is 11.1 Å². The molecule has 0 fully saturated rings. The van der Waals surface area contributed by atoms with Gasteiger partial charge in [-0.3, -0.25) is 0 Å². The highest BCUT2D eigenvalue weighted by Crippen LogP contribution is 2.45. The minimum Gasteiger partial charge on any atom is -0.192 e. The van der Waals surface area contributed by atoms with Crippen LogP contribution < -0.4 is 0 Å². The molecule has 8 aromatic rings. The molecule has 2 heterocycles. The van der Waals surface area contributed by atoms with Crippen molar-refractivity contribution in [2.24, 2.45) is 0 Å². The Morgan fingerprint density at radius 1 is 0.429 bits per heavy atom. The van der Waals surface area contributed by atoms with Crippen molar-refractivity contribution in [3.63, 3.8) is 0 Å². The highest BCUT2D eigenvalue weighted by Gasteiger charge is 2.23. The lowest BCUT2D eigenvalue weighted by Crippen LogP contribution is -1.98. The summed E-state index contributed by atoms with van der Waals surface area (Å²) in [5.74, 6) is 0. The van der Waals surface area contributed by atoms with Gasteiger partial charge in [0.05, 0.1) is 17.2 Å². The molecule has 0 saturated carbocycles. The third kappa shape index (κ3) is 3.75. The second kappa shape index (κ2) is 9.68. The van der Waals surface area contributed by atoms with Gasteiger partial charge in [0.1, 0.15) is 6.07 Å². The van der Waals surface area contributed by atoms with E-state index in [2.05, 4.69) is 97.1 Å². The predicted molar refractivity (Wildman–Crippen MR) is 178 cm³/mol. The molecule has 0 bridgehead atoms. The molecule has 2 nitrogen and oxygen atoms in total. The summed E-state index contributed by atoms with van der Waals surface area (Å²) in [4.78, 5) is 0. The van der Waals surface area contributed by atoms with Crippen LogP contribution in [-0.4, -0.2) is 0 Å². The average Bonchev–Trinajstić information content (AvgIpc) is 3.61. The Morgan fingerprint density at radius 3 is 1.60 bits per heavy atom. The number of nitriles is 2. The predicted octanol–water partition coefficient (Wildman–Crippen LogP) is 11.2. The van der Waals surface area contributed by atoms with Crippen LogP contribution >= 0.6 is 22.7 Å². The first-order chi connectivity index (χ1) is 20.7. The van der Waals surface area contributed by atoms with E-state index in [1.165, 1.54) is 29.6 Å². The molecule has 0 amide bonds. The van der Waals surface area contributed by atoms with Gasteiger partial charge in [0.25, 0.3) is 0 Å². The molecular formula is C38H20N2S2. The number of hydrogen-bond donors (Lipinski definition) is 0. The van der Waals surface area contributed by atoms with Gasteiger partial charge in [-0.05, 0) is 59.2 Å². The van der Waals surface area contributed by atoms with E-state index in [-0.39, 0.29) is 0 Å². The highest BCUT2D eigenvalue weighted by molar-refractivity contribution is 7.26. The Hall–Kier alpha value is -5.26. The summed E-state index contributed by atoms with van der Waals surface area (Å²) >= 11 is 3.54. The fourth-order valence-corrected chi connectivity index (χ4v) is 8.26. The number of benzene rings is 6. The van der Waals surface area contributed by atoms with Gasteiger partial charge in [-0.15, -0.1) is 22.7 Å². The Balaban J connectivity index is 1.45. The summed E-state index contributed by atoms with van der Waals surface area (Å²) in [5.41, 5.74) is 6.27. The first kappa shape index (κ1) is 24.5. The molecule has 194 valence electrons. The van der Waals surface area contributed by atoms with E-state index in [0.717, 1.165) is 44.2 Å². The van der Waals surface area contributed by atoms with Crippen molar-refractivity contribution in [3.05, 3.63) is 132 Å². The van der Waals surface area contributed by atoms with E-state index in [9.17, 15) is 10.5 Å². The molecule has 0 aliphatic carbocycles. The fourth-order valence-electron chi connectivity index (χ4n) is 6.08. The lowest BCUT2D eigenvalue weighted by molar-refractivity contribution is 1.44. The third-order valence-corrected chi connectivity index (χ3v) is 10.3. The van der Waals surface area contributed by atoms with Gasteiger partial charge in [0, 0.05) is 57.0 Å². The SMILES string of the molecule is N#Cc1cc(-c2ccc3sc4ccccc4c3c2)c(C#N)c(-c2ccccc2)c1-c1ccc2sc3ccccc3c2c1. The number of hydrogen-bond acceptors (Lipinski definition) is 4. The van der Waals surface area contributed by atoms with Crippen molar-refractivity contribution in [3.8, 4) is 45.5 Å². The van der Waals surface area contributed by atoms with Crippen LogP contribution in [0.1, 0.15) is 11.1 Å². The van der Waals surface area contributed by atoms with Gasteiger partial charge in [0.15, 0.2) is 0 Å². The molecule has 8 rings (SSSR count). The summed E-state index contributed by atoms with van der Waals surface area (Å²) in [5, 5.41) is 26.1. The Bertz CT molecular complexity index is 2430. The molecule has 42 heavy (non-hydrogen) atoms. The molecule has 6 aromatic carbocycles. The van der Waals surface area contributed by atoms with Crippen LogP contribution in [0.2, 0.25) is 0 Å². The molecule has 0 aliphatic rings. The minimum absolute atomic E-state index is 0.553. The molecule has 0 aliphatic heterocycles. The van der Waals surface area contributed by atoms with Gasteiger partial charge < -0.3 is 0 Å². The standard InChI is InChI=1S/C38H20N2S2/c39-21-26-20-29(24-14-16-35-30(18-24)27-10-4-6-12-33(27)41-35)32(22-40)38(23-8-2-1-3-9-23)37(26)25-15-17-36-31(19-25)28-11-5-7-13-34(28)42-36/h1-20H. The number of fused-ring (bicyclic) bond motifs is 6. The van der Waals surface area contributed by atoms with Crippen LogP contribution in [0, 0.1) is 22.7 Å². The topological polar surface area (TPSA) is 47.6 Å². The van der Waals surface area contributed by atoms with Gasteiger partial charge in [0.2, 0.25) is 0 Å². The van der Waals surface area contributed by atoms with Crippen LogP contribution in [-0.2, 0) is 0 Å². The summed E-state index contributed by atoms with van der Waals surface area (Å²) < 4.78 is 4.88. The van der Waals surface area contributed by atoms with E-state index < -0.39 is 0 Å². The molecule has 0 saturated heterocycles. The van der Waals surface area contributed by atoms with Crippen LogP contribution in [0.4, 0.5) is 0 Å². The van der Waals surface area contributed by atoms with Crippen molar-refractivity contribution in [2.75, 3.05) is 0 Å². The Morgan fingerprint density at radius 2 is 0.976 bits per heavy atom. The van der Waals surface area contributed by atoms with Crippen molar-refractivity contribution >= 4 is 63.0 Å². The molecule has 0 radical (unpaired) electrons. The highest BCUT2D eigenvalue weighted by atomic mass is 32.1. The zero-order valence-corrected chi connectivity index (χ0v) is 23.9. The molecule has 0 atom stereocenters. The number of thiophene rings is 2. The molecular weight excluding hydrogens is 549 g/mol. The quantitative estimate of drug-likeness (QED) is 0.213. The smallest absolute Gasteiger partial charge is 0.100 e. The first-order valence-electron chi connectivity index (χ1n) is 13.6.